The molecule has 1 saturated heterocycles. The molecule has 1 aromatic heterocycles. The average molecular weight is 378 g/mol. The molecule has 0 aliphatic carbocycles. The minimum absolute atomic E-state index is 0.0626. The number of benzene rings is 2. The first-order chi connectivity index (χ1) is 13.6. The molecule has 1 unspecified atom stereocenters. The van der Waals surface area contributed by atoms with E-state index < -0.39 is 11.7 Å². The maximum Gasteiger partial charge on any atom is 0.229 e. The highest BCUT2D eigenvalue weighted by Gasteiger charge is 2.36. The Hall–Kier alpha value is -3.48. The van der Waals surface area contributed by atoms with Crippen molar-refractivity contribution in [3.8, 4) is 0 Å². The fourth-order valence-electron chi connectivity index (χ4n) is 3.36. The smallest absolute Gasteiger partial charge is 0.229 e. The number of rotatable bonds is 5. The second-order valence-electron chi connectivity index (χ2n) is 6.75. The van der Waals surface area contributed by atoms with E-state index in [1.54, 1.807) is 35.1 Å². The van der Waals surface area contributed by atoms with Gasteiger partial charge in [-0.2, -0.15) is 5.10 Å². The maximum atomic E-state index is 14.0. The van der Waals surface area contributed by atoms with Crippen molar-refractivity contribution in [1.29, 1.82) is 0 Å². The summed E-state index contributed by atoms with van der Waals surface area (Å²) in [6, 6.07) is 15.4. The Labute approximate surface area is 161 Å². The lowest BCUT2D eigenvalue weighted by Gasteiger charge is -2.17. The van der Waals surface area contributed by atoms with Gasteiger partial charge in [0.25, 0.3) is 0 Å². The molecule has 7 heteroatoms. The number of anilines is 2. The molecule has 1 fully saturated rings. The van der Waals surface area contributed by atoms with E-state index in [-0.39, 0.29) is 30.5 Å². The maximum absolute atomic E-state index is 14.0. The fraction of sp³-hybridized carbons (Fsp3) is 0.190. The predicted molar refractivity (Wildman–Crippen MR) is 103 cm³/mol. The normalized spacial score (nSPS) is 16.4. The summed E-state index contributed by atoms with van der Waals surface area (Å²) >= 11 is 0. The molecule has 2 heterocycles. The molecule has 0 saturated carbocycles. The van der Waals surface area contributed by atoms with E-state index in [0.717, 1.165) is 5.56 Å². The third kappa shape index (κ3) is 3.78. The van der Waals surface area contributed by atoms with Gasteiger partial charge in [-0.1, -0.05) is 24.3 Å². The highest BCUT2D eigenvalue weighted by molar-refractivity contribution is 6.03. The number of nitrogens with zero attached hydrogens (tertiary/aromatic N) is 3. The molecular weight excluding hydrogens is 359 g/mol. The van der Waals surface area contributed by atoms with E-state index >= 15 is 0 Å². The quantitative estimate of drug-likeness (QED) is 0.742. The number of nitrogens with one attached hydrogen (secondary N) is 1. The van der Waals surface area contributed by atoms with Gasteiger partial charge in [0.15, 0.2) is 0 Å². The summed E-state index contributed by atoms with van der Waals surface area (Å²) in [6.45, 7) is 0.762. The molecule has 1 aliphatic heterocycles. The largest absolute Gasteiger partial charge is 0.326 e. The monoisotopic (exact) mass is 378 g/mol. The SMILES string of the molecule is O=C(Nc1cccc(Cn2cccn2)c1)C1CC(=O)N(c2ccccc2F)C1. The summed E-state index contributed by atoms with van der Waals surface area (Å²) < 4.78 is 15.8. The number of hydrogen-bond donors (Lipinski definition) is 1. The van der Waals surface area contributed by atoms with Crippen LogP contribution in [0.5, 0.6) is 0 Å². The molecule has 0 radical (unpaired) electrons. The average Bonchev–Trinajstić information content (AvgIpc) is 3.32. The molecule has 3 aromatic rings. The van der Waals surface area contributed by atoms with Crippen molar-refractivity contribution in [1.82, 2.24) is 9.78 Å². The van der Waals surface area contributed by atoms with Crippen molar-refractivity contribution >= 4 is 23.2 Å². The van der Waals surface area contributed by atoms with Gasteiger partial charge in [0.05, 0.1) is 18.2 Å². The third-order valence-electron chi connectivity index (χ3n) is 4.74. The molecule has 1 N–H and O–H groups in total. The van der Waals surface area contributed by atoms with Gasteiger partial charge in [-0.3, -0.25) is 14.3 Å². The van der Waals surface area contributed by atoms with Crippen molar-refractivity contribution in [2.45, 2.75) is 13.0 Å². The number of para-hydroxylation sites is 1. The van der Waals surface area contributed by atoms with Crippen LogP contribution in [0.25, 0.3) is 0 Å². The molecule has 28 heavy (non-hydrogen) atoms. The molecule has 0 bridgehead atoms. The predicted octanol–water partition coefficient (Wildman–Crippen LogP) is 3.06. The van der Waals surface area contributed by atoms with Gasteiger partial charge in [0, 0.05) is 31.0 Å². The van der Waals surface area contributed by atoms with E-state index in [1.165, 1.54) is 11.0 Å². The molecular formula is C21H19FN4O2. The van der Waals surface area contributed by atoms with Crippen LogP contribution in [0, 0.1) is 11.7 Å². The van der Waals surface area contributed by atoms with E-state index in [2.05, 4.69) is 10.4 Å². The number of hydrogen-bond acceptors (Lipinski definition) is 3. The molecule has 1 aliphatic rings. The third-order valence-corrected chi connectivity index (χ3v) is 4.74. The lowest BCUT2D eigenvalue weighted by molar-refractivity contribution is -0.122. The van der Waals surface area contributed by atoms with Gasteiger partial charge in [-0.25, -0.2) is 4.39 Å². The lowest BCUT2D eigenvalue weighted by atomic mass is 10.1. The Balaban J connectivity index is 1.43. The summed E-state index contributed by atoms with van der Waals surface area (Å²) in [5.74, 6) is -1.49. The van der Waals surface area contributed by atoms with Crippen LogP contribution in [0.3, 0.4) is 0 Å². The van der Waals surface area contributed by atoms with Crippen LogP contribution in [-0.2, 0) is 16.1 Å². The zero-order valence-corrected chi connectivity index (χ0v) is 15.1. The summed E-state index contributed by atoms with van der Waals surface area (Å²) in [4.78, 5) is 26.3. The highest BCUT2D eigenvalue weighted by Crippen LogP contribution is 2.28. The van der Waals surface area contributed by atoms with Gasteiger partial charge in [0.2, 0.25) is 11.8 Å². The Morgan fingerprint density at radius 2 is 2.04 bits per heavy atom. The first-order valence-electron chi connectivity index (χ1n) is 9.02. The standard InChI is InChI=1S/C21H19FN4O2/c22-18-7-1-2-8-19(18)26-14-16(12-20(26)27)21(28)24-17-6-3-5-15(11-17)13-25-10-4-9-23-25/h1-11,16H,12-14H2,(H,24,28). The van der Waals surface area contributed by atoms with Gasteiger partial charge >= 0.3 is 0 Å². The van der Waals surface area contributed by atoms with Crippen molar-refractivity contribution in [3.05, 3.63) is 78.4 Å². The second kappa shape index (κ2) is 7.64. The molecule has 6 nitrogen and oxygen atoms in total. The fourth-order valence-corrected chi connectivity index (χ4v) is 3.36. The Bertz CT molecular complexity index is 1000. The second-order valence-corrected chi connectivity index (χ2v) is 6.75. The zero-order chi connectivity index (χ0) is 19.5. The van der Waals surface area contributed by atoms with E-state index in [0.29, 0.717) is 12.2 Å². The Morgan fingerprint density at radius 1 is 1.18 bits per heavy atom. The number of carbonyl (C=O) groups excluding carboxylic acids is 2. The van der Waals surface area contributed by atoms with Crippen molar-refractivity contribution in [2.75, 3.05) is 16.8 Å². The summed E-state index contributed by atoms with van der Waals surface area (Å²) in [5.41, 5.74) is 1.87. The van der Waals surface area contributed by atoms with Gasteiger partial charge in [0.1, 0.15) is 5.82 Å². The molecule has 4 rings (SSSR count). The van der Waals surface area contributed by atoms with Crippen LogP contribution in [0.15, 0.2) is 67.0 Å². The number of carbonyl (C=O) groups is 2. The Morgan fingerprint density at radius 3 is 2.82 bits per heavy atom. The van der Waals surface area contributed by atoms with Crippen LogP contribution in [0.1, 0.15) is 12.0 Å². The zero-order valence-electron chi connectivity index (χ0n) is 15.1. The summed E-state index contributed by atoms with van der Waals surface area (Å²) in [5, 5.41) is 7.04. The summed E-state index contributed by atoms with van der Waals surface area (Å²) in [6.07, 6.45) is 3.64. The first kappa shape index (κ1) is 17.9. The van der Waals surface area contributed by atoms with Crippen LogP contribution >= 0.6 is 0 Å². The van der Waals surface area contributed by atoms with Gasteiger partial charge in [-0.15, -0.1) is 0 Å². The lowest BCUT2D eigenvalue weighted by Crippen LogP contribution is -2.28. The van der Waals surface area contributed by atoms with E-state index in [9.17, 15) is 14.0 Å². The van der Waals surface area contributed by atoms with E-state index in [1.807, 2.05) is 30.5 Å². The van der Waals surface area contributed by atoms with E-state index in [4.69, 9.17) is 0 Å². The molecule has 142 valence electrons. The van der Waals surface area contributed by atoms with Crippen LogP contribution < -0.4 is 10.2 Å². The molecule has 2 aromatic carbocycles. The minimum atomic E-state index is -0.526. The number of halogens is 1. The van der Waals surface area contributed by atoms with Crippen LogP contribution in [0.2, 0.25) is 0 Å². The van der Waals surface area contributed by atoms with Crippen molar-refractivity contribution < 1.29 is 14.0 Å². The van der Waals surface area contributed by atoms with Crippen molar-refractivity contribution in [2.24, 2.45) is 5.92 Å². The topological polar surface area (TPSA) is 67.2 Å². The summed E-state index contributed by atoms with van der Waals surface area (Å²) in [7, 11) is 0. The van der Waals surface area contributed by atoms with Crippen LogP contribution in [-0.4, -0.2) is 28.1 Å². The van der Waals surface area contributed by atoms with Gasteiger partial charge in [-0.05, 0) is 35.9 Å². The highest BCUT2D eigenvalue weighted by atomic mass is 19.1. The molecule has 1 atom stereocenters. The number of aromatic nitrogens is 2. The minimum Gasteiger partial charge on any atom is -0.326 e. The van der Waals surface area contributed by atoms with Crippen molar-refractivity contribution in [3.63, 3.8) is 0 Å². The van der Waals surface area contributed by atoms with Gasteiger partial charge < -0.3 is 10.2 Å². The molecule has 2 amide bonds. The Kier molecular flexibility index (Phi) is 4.89. The number of amides is 2. The molecule has 0 spiro atoms. The first-order valence-corrected chi connectivity index (χ1v) is 9.02. The van der Waals surface area contributed by atoms with Crippen LogP contribution in [0.4, 0.5) is 15.8 Å².